The summed E-state index contributed by atoms with van der Waals surface area (Å²) in [7, 11) is -2.75. The van der Waals surface area contributed by atoms with Crippen LogP contribution < -0.4 is 25.6 Å². The molecule has 0 saturated carbocycles. The molecule has 3 aromatic rings. The van der Waals surface area contributed by atoms with Crippen LogP contribution in [0, 0.1) is 11.6 Å². The summed E-state index contributed by atoms with van der Waals surface area (Å²) < 4.78 is 84.2. The van der Waals surface area contributed by atoms with Crippen LogP contribution >= 0.6 is 7.14 Å². The Morgan fingerprint density at radius 3 is 2.27 bits per heavy atom. The van der Waals surface area contributed by atoms with Gasteiger partial charge in [-0.15, -0.1) is 13.2 Å². The Balaban J connectivity index is 1.48. The van der Waals surface area contributed by atoms with Crippen molar-refractivity contribution >= 4 is 29.9 Å². The van der Waals surface area contributed by atoms with Gasteiger partial charge in [0.15, 0.2) is 0 Å². The summed E-state index contributed by atoms with van der Waals surface area (Å²) in [4.78, 5) is 13.6. The van der Waals surface area contributed by atoms with Crippen LogP contribution in [0.15, 0.2) is 60.7 Å². The van der Waals surface area contributed by atoms with Crippen molar-refractivity contribution in [2.45, 2.75) is 31.5 Å². The minimum absolute atomic E-state index is 0.116. The molecule has 3 aromatic carbocycles. The normalized spacial score (nSPS) is 17.9. The number of amides is 2. The molecule has 13 heteroatoms. The van der Waals surface area contributed by atoms with Crippen molar-refractivity contribution in [2.75, 3.05) is 30.1 Å². The Hall–Kier alpha value is -3.63. The van der Waals surface area contributed by atoms with Crippen molar-refractivity contribution in [1.29, 1.82) is 0 Å². The van der Waals surface area contributed by atoms with E-state index >= 15 is 8.78 Å². The van der Waals surface area contributed by atoms with E-state index in [4.69, 9.17) is 0 Å². The first-order valence-corrected chi connectivity index (χ1v) is 14.8. The first-order chi connectivity index (χ1) is 18.7. The summed E-state index contributed by atoms with van der Waals surface area (Å²) >= 11 is 0. The molecule has 1 aliphatic heterocycles. The summed E-state index contributed by atoms with van der Waals surface area (Å²) in [5, 5.41) is 16.4. The Morgan fingerprint density at radius 1 is 1.05 bits per heavy atom. The van der Waals surface area contributed by atoms with Gasteiger partial charge in [-0.05, 0) is 73.7 Å². The van der Waals surface area contributed by atoms with Gasteiger partial charge < -0.3 is 29.9 Å². The molecule has 4 rings (SSSR count). The maximum absolute atomic E-state index is 15.4. The van der Waals surface area contributed by atoms with Gasteiger partial charge in [0, 0.05) is 17.5 Å². The Bertz CT molecular complexity index is 1410. The molecule has 0 radical (unpaired) electrons. The summed E-state index contributed by atoms with van der Waals surface area (Å²) in [5.41, 5.74) is 0.335. The topological polar surface area (TPSA) is 90.9 Å². The molecule has 1 aliphatic rings. The van der Waals surface area contributed by atoms with E-state index in [1.807, 2.05) is 0 Å². The van der Waals surface area contributed by atoms with Crippen molar-refractivity contribution in [1.82, 2.24) is 5.32 Å². The average molecular weight is 583 g/mol. The van der Waals surface area contributed by atoms with Crippen LogP contribution in [-0.2, 0) is 4.57 Å². The molecule has 1 heterocycles. The van der Waals surface area contributed by atoms with Gasteiger partial charge in [0.25, 0.3) is 0 Å². The maximum atomic E-state index is 15.4. The van der Waals surface area contributed by atoms with E-state index in [0.29, 0.717) is 23.7 Å². The quantitative estimate of drug-likeness (QED) is 0.249. The Morgan fingerprint density at radius 2 is 1.68 bits per heavy atom. The number of piperidine rings is 1. The van der Waals surface area contributed by atoms with Crippen molar-refractivity contribution in [3.8, 4) is 16.9 Å². The largest absolute Gasteiger partial charge is 0.573 e. The van der Waals surface area contributed by atoms with Crippen LogP contribution in [0.5, 0.6) is 5.75 Å². The third kappa shape index (κ3) is 6.92. The third-order valence-corrected chi connectivity index (χ3v) is 7.91. The van der Waals surface area contributed by atoms with Crippen LogP contribution in [0.3, 0.4) is 0 Å². The molecule has 1 fully saturated rings. The zero-order valence-corrected chi connectivity index (χ0v) is 22.4. The second-order valence-corrected chi connectivity index (χ2v) is 12.9. The molecule has 2 atom stereocenters. The van der Waals surface area contributed by atoms with E-state index in [-0.39, 0.29) is 17.8 Å². The highest BCUT2D eigenvalue weighted by Crippen LogP contribution is 2.40. The molecule has 1 unspecified atom stereocenters. The van der Waals surface area contributed by atoms with Crippen molar-refractivity contribution in [3.63, 3.8) is 0 Å². The van der Waals surface area contributed by atoms with Gasteiger partial charge >= 0.3 is 12.4 Å². The van der Waals surface area contributed by atoms with E-state index in [2.05, 4.69) is 15.4 Å². The molecule has 0 bridgehead atoms. The van der Waals surface area contributed by atoms with Gasteiger partial charge in [0.05, 0.1) is 6.04 Å². The SMILES string of the molecule is CP(C)(=O)c1ccccc1-c1cc(F)c(N2CCC[C@@H](NC(=O)Nc3ccc(OC(F)(F)F)cc3)C2O)c(F)c1. The summed E-state index contributed by atoms with van der Waals surface area (Å²) in [6.07, 6.45) is -5.63. The van der Waals surface area contributed by atoms with Crippen molar-refractivity contribution < 1.29 is 41.2 Å². The van der Waals surface area contributed by atoms with Crippen LogP contribution in [0.2, 0.25) is 0 Å². The smallest absolute Gasteiger partial charge is 0.406 e. The van der Waals surface area contributed by atoms with Gasteiger partial charge in [0.2, 0.25) is 0 Å². The Kier molecular flexibility index (Phi) is 8.41. The number of ether oxygens (including phenoxy) is 1. The Labute approximate surface area is 227 Å². The first-order valence-electron chi connectivity index (χ1n) is 12.2. The average Bonchev–Trinajstić information content (AvgIpc) is 2.85. The van der Waals surface area contributed by atoms with Gasteiger partial charge in [0.1, 0.15) is 36.4 Å². The summed E-state index contributed by atoms with van der Waals surface area (Å²) in [6.45, 7) is 3.25. The van der Waals surface area contributed by atoms with Crippen molar-refractivity contribution in [2.24, 2.45) is 0 Å². The van der Waals surface area contributed by atoms with Gasteiger partial charge in [-0.25, -0.2) is 13.6 Å². The third-order valence-electron chi connectivity index (χ3n) is 6.35. The van der Waals surface area contributed by atoms with E-state index in [1.54, 1.807) is 37.6 Å². The molecule has 40 heavy (non-hydrogen) atoms. The minimum Gasteiger partial charge on any atom is -0.406 e. The van der Waals surface area contributed by atoms with E-state index in [1.165, 1.54) is 12.1 Å². The summed E-state index contributed by atoms with van der Waals surface area (Å²) in [6, 6.07) is 11.7. The molecule has 1 saturated heterocycles. The molecule has 0 spiro atoms. The highest BCUT2D eigenvalue weighted by molar-refractivity contribution is 7.70. The number of carbonyl (C=O) groups is 1. The van der Waals surface area contributed by atoms with E-state index in [9.17, 15) is 27.6 Å². The standard InChI is InChI=1S/C27H27F5N3O4P/c1-40(2,38)23-8-4-3-6-19(23)16-14-20(28)24(21(29)15-16)35-13-5-7-22(25(35)36)34-26(37)33-17-9-11-18(12-10-17)39-27(30,31)32/h3-4,6,8-12,14-15,22,25,36H,5,7,13H2,1-2H3,(H2,33,34,37)/t22-,25?/m1/s1. The minimum atomic E-state index is -4.85. The summed E-state index contributed by atoms with van der Waals surface area (Å²) in [5.74, 6) is -2.33. The second-order valence-electron chi connectivity index (χ2n) is 9.68. The maximum Gasteiger partial charge on any atom is 0.573 e. The molecule has 3 N–H and O–H groups in total. The number of rotatable bonds is 6. The van der Waals surface area contributed by atoms with Crippen LogP contribution in [0.4, 0.5) is 38.1 Å². The molecule has 0 aromatic heterocycles. The number of anilines is 2. The number of hydrogen-bond donors (Lipinski definition) is 3. The zero-order valence-electron chi connectivity index (χ0n) is 21.5. The number of urea groups is 1. The van der Waals surface area contributed by atoms with Crippen molar-refractivity contribution in [3.05, 3.63) is 72.3 Å². The number of hydrogen-bond acceptors (Lipinski definition) is 5. The van der Waals surface area contributed by atoms with Gasteiger partial charge in [-0.3, -0.25) is 0 Å². The van der Waals surface area contributed by atoms with E-state index in [0.717, 1.165) is 29.2 Å². The fourth-order valence-electron chi connectivity index (χ4n) is 4.63. The second kappa shape index (κ2) is 11.5. The highest BCUT2D eigenvalue weighted by atomic mass is 31.2. The number of benzene rings is 3. The molecule has 2 amide bonds. The lowest BCUT2D eigenvalue weighted by atomic mass is 10.0. The highest BCUT2D eigenvalue weighted by Gasteiger charge is 2.34. The predicted molar refractivity (Wildman–Crippen MR) is 143 cm³/mol. The molecule has 214 valence electrons. The number of nitrogens with zero attached hydrogens (tertiary/aromatic N) is 1. The monoisotopic (exact) mass is 583 g/mol. The fourth-order valence-corrected chi connectivity index (χ4v) is 5.86. The first kappa shape index (κ1) is 29.4. The molecular weight excluding hydrogens is 556 g/mol. The van der Waals surface area contributed by atoms with Gasteiger partial charge in [-0.2, -0.15) is 0 Å². The lowest BCUT2D eigenvalue weighted by Gasteiger charge is -2.40. The lowest BCUT2D eigenvalue weighted by Crippen LogP contribution is -2.56. The van der Waals surface area contributed by atoms with Crippen LogP contribution in [0.1, 0.15) is 12.8 Å². The fraction of sp³-hybridized carbons (Fsp3) is 0.296. The number of nitrogens with one attached hydrogen (secondary N) is 2. The van der Waals surface area contributed by atoms with Crippen LogP contribution in [0.25, 0.3) is 11.1 Å². The number of aliphatic hydroxyl groups is 1. The number of halogens is 5. The number of aliphatic hydroxyl groups excluding tert-OH is 1. The number of carbonyl (C=O) groups excluding carboxylic acids is 1. The molecule has 7 nitrogen and oxygen atoms in total. The van der Waals surface area contributed by atoms with Crippen LogP contribution in [-0.4, -0.2) is 49.6 Å². The van der Waals surface area contributed by atoms with E-state index < -0.39 is 54.9 Å². The molecular formula is C27H27F5N3O4P. The number of alkyl halides is 3. The lowest BCUT2D eigenvalue weighted by molar-refractivity contribution is -0.274. The predicted octanol–water partition coefficient (Wildman–Crippen LogP) is 5.89. The van der Waals surface area contributed by atoms with Gasteiger partial charge in [-0.1, -0.05) is 24.3 Å². The molecule has 0 aliphatic carbocycles. The zero-order chi connectivity index (χ0) is 29.2.